The topological polar surface area (TPSA) is 48.1 Å². The third-order valence-corrected chi connectivity index (χ3v) is 3.13. The number of aromatic nitrogens is 1. The molecule has 1 aliphatic rings. The van der Waals surface area contributed by atoms with Gasteiger partial charge in [0.05, 0.1) is 6.61 Å². The van der Waals surface area contributed by atoms with E-state index in [-0.39, 0.29) is 0 Å². The van der Waals surface area contributed by atoms with E-state index in [9.17, 15) is 0 Å². The lowest BCUT2D eigenvalue weighted by molar-refractivity contribution is 0.357. The minimum atomic E-state index is 0.545. The molecule has 1 aliphatic heterocycles. The van der Waals surface area contributed by atoms with Gasteiger partial charge in [0.15, 0.2) is 0 Å². The van der Waals surface area contributed by atoms with Crippen molar-refractivity contribution in [2.45, 2.75) is 13.3 Å². The smallest absolute Gasteiger partial charge is 0.123 e. The Hall–Kier alpha value is -2.03. The summed E-state index contributed by atoms with van der Waals surface area (Å²) in [6, 6.07) is 8.12. The third kappa shape index (κ3) is 1.73. The van der Waals surface area contributed by atoms with E-state index in [1.165, 1.54) is 11.1 Å². The maximum atomic E-state index is 5.60. The SMILES string of the molecule is Cc1cc2c(cc1-c1ccc(N)nc1)OCC2. The average molecular weight is 226 g/mol. The van der Waals surface area contributed by atoms with Gasteiger partial charge in [0.2, 0.25) is 0 Å². The van der Waals surface area contributed by atoms with E-state index < -0.39 is 0 Å². The molecule has 0 saturated heterocycles. The van der Waals surface area contributed by atoms with Crippen LogP contribution in [0.4, 0.5) is 5.82 Å². The first kappa shape index (κ1) is 10.1. The zero-order valence-electron chi connectivity index (χ0n) is 9.73. The number of nitrogens with zero attached hydrogens (tertiary/aromatic N) is 1. The molecule has 0 radical (unpaired) electrons. The highest BCUT2D eigenvalue weighted by molar-refractivity contribution is 5.70. The van der Waals surface area contributed by atoms with Crippen molar-refractivity contribution in [2.75, 3.05) is 12.3 Å². The Morgan fingerprint density at radius 2 is 2.18 bits per heavy atom. The summed E-state index contributed by atoms with van der Waals surface area (Å²) in [7, 11) is 0. The number of rotatable bonds is 1. The van der Waals surface area contributed by atoms with Gasteiger partial charge < -0.3 is 10.5 Å². The predicted octanol–water partition coefficient (Wildman–Crippen LogP) is 2.57. The van der Waals surface area contributed by atoms with Gasteiger partial charge in [-0.05, 0) is 41.8 Å². The van der Waals surface area contributed by atoms with E-state index >= 15 is 0 Å². The van der Waals surface area contributed by atoms with Crippen molar-refractivity contribution in [3.63, 3.8) is 0 Å². The fourth-order valence-corrected chi connectivity index (χ4v) is 2.22. The van der Waals surface area contributed by atoms with E-state index in [1.54, 1.807) is 6.20 Å². The fourth-order valence-electron chi connectivity index (χ4n) is 2.22. The van der Waals surface area contributed by atoms with Gasteiger partial charge in [-0.25, -0.2) is 4.98 Å². The van der Waals surface area contributed by atoms with Crippen molar-refractivity contribution in [1.82, 2.24) is 4.98 Å². The number of hydrogen-bond donors (Lipinski definition) is 1. The van der Waals surface area contributed by atoms with Crippen molar-refractivity contribution >= 4 is 5.82 Å². The molecule has 2 heterocycles. The second-order valence-electron chi connectivity index (χ2n) is 4.35. The highest BCUT2D eigenvalue weighted by Crippen LogP contribution is 2.33. The van der Waals surface area contributed by atoms with Crippen molar-refractivity contribution in [3.05, 3.63) is 41.6 Å². The van der Waals surface area contributed by atoms with Gasteiger partial charge in [0, 0.05) is 18.2 Å². The molecule has 17 heavy (non-hydrogen) atoms. The van der Waals surface area contributed by atoms with Crippen molar-refractivity contribution in [1.29, 1.82) is 0 Å². The second kappa shape index (κ2) is 3.77. The Morgan fingerprint density at radius 3 is 2.94 bits per heavy atom. The van der Waals surface area contributed by atoms with Crippen LogP contribution in [0.15, 0.2) is 30.5 Å². The minimum absolute atomic E-state index is 0.545. The molecule has 0 bridgehead atoms. The summed E-state index contributed by atoms with van der Waals surface area (Å²) in [6.45, 7) is 2.91. The Morgan fingerprint density at radius 1 is 1.29 bits per heavy atom. The monoisotopic (exact) mass is 226 g/mol. The number of benzene rings is 1. The maximum Gasteiger partial charge on any atom is 0.123 e. The number of aryl methyl sites for hydroxylation is 1. The lowest BCUT2D eigenvalue weighted by Gasteiger charge is -2.09. The summed E-state index contributed by atoms with van der Waals surface area (Å²) in [6.07, 6.45) is 2.81. The summed E-state index contributed by atoms with van der Waals surface area (Å²) in [5, 5.41) is 0. The molecule has 0 fully saturated rings. The van der Waals surface area contributed by atoms with E-state index in [1.807, 2.05) is 12.1 Å². The van der Waals surface area contributed by atoms with Crippen LogP contribution in [0.3, 0.4) is 0 Å². The van der Waals surface area contributed by atoms with Crippen LogP contribution in [0.5, 0.6) is 5.75 Å². The summed E-state index contributed by atoms with van der Waals surface area (Å²) < 4.78 is 5.59. The number of ether oxygens (including phenoxy) is 1. The quantitative estimate of drug-likeness (QED) is 0.813. The van der Waals surface area contributed by atoms with Gasteiger partial charge in [-0.15, -0.1) is 0 Å². The van der Waals surface area contributed by atoms with Crippen LogP contribution >= 0.6 is 0 Å². The standard InChI is InChI=1S/C14H14N2O/c1-9-6-10-4-5-17-13(10)7-12(9)11-2-3-14(15)16-8-11/h2-3,6-8H,4-5H2,1H3,(H2,15,16). The molecule has 1 aromatic carbocycles. The minimum Gasteiger partial charge on any atom is -0.493 e. The molecule has 0 unspecified atom stereocenters. The van der Waals surface area contributed by atoms with Gasteiger partial charge in [0.25, 0.3) is 0 Å². The first-order chi connectivity index (χ1) is 8.24. The Labute approximate surface area is 100 Å². The third-order valence-electron chi connectivity index (χ3n) is 3.13. The number of pyridine rings is 1. The molecular weight excluding hydrogens is 212 g/mol. The number of fused-ring (bicyclic) bond motifs is 1. The number of nitrogens with two attached hydrogens (primary N) is 1. The van der Waals surface area contributed by atoms with Crippen molar-refractivity contribution in [3.8, 4) is 16.9 Å². The lowest BCUT2D eigenvalue weighted by atomic mass is 9.98. The molecule has 3 rings (SSSR count). The average Bonchev–Trinajstić information content (AvgIpc) is 2.76. The predicted molar refractivity (Wildman–Crippen MR) is 68.0 cm³/mol. The molecule has 2 aromatic rings. The number of anilines is 1. The molecule has 0 atom stereocenters. The zero-order valence-corrected chi connectivity index (χ0v) is 9.73. The van der Waals surface area contributed by atoms with Gasteiger partial charge in [-0.1, -0.05) is 6.07 Å². The van der Waals surface area contributed by atoms with E-state index in [0.29, 0.717) is 5.82 Å². The largest absolute Gasteiger partial charge is 0.493 e. The highest BCUT2D eigenvalue weighted by atomic mass is 16.5. The van der Waals surface area contributed by atoms with Crippen LogP contribution in [0.25, 0.3) is 11.1 Å². The van der Waals surface area contributed by atoms with Gasteiger partial charge in [0.1, 0.15) is 11.6 Å². The van der Waals surface area contributed by atoms with Gasteiger partial charge in [-0.3, -0.25) is 0 Å². The molecule has 0 aliphatic carbocycles. The molecule has 3 heteroatoms. The van der Waals surface area contributed by atoms with Crippen LogP contribution in [0.1, 0.15) is 11.1 Å². The second-order valence-corrected chi connectivity index (χ2v) is 4.35. The Balaban J connectivity index is 2.11. The van der Waals surface area contributed by atoms with Crippen LogP contribution in [-0.2, 0) is 6.42 Å². The lowest BCUT2D eigenvalue weighted by Crippen LogP contribution is -1.91. The van der Waals surface area contributed by atoms with Gasteiger partial charge >= 0.3 is 0 Å². The van der Waals surface area contributed by atoms with E-state index in [4.69, 9.17) is 10.5 Å². The van der Waals surface area contributed by atoms with Crippen LogP contribution in [0.2, 0.25) is 0 Å². The molecular formula is C14H14N2O. The first-order valence-electron chi connectivity index (χ1n) is 5.72. The van der Waals surface area contributed by atoms with E-state index in [2.05, 4.69) is 24.0 Å². The number of hydrogen-bond acceptors (Lipinski definition) is 3. The summed E-state index contributed by atoms with van der Waals surface area (Å²) in [5.74, 6) is 1.55. The summed E-state index contributed by atoms with van der Waals surface area (Å²) in [5.41, 5.74) is 10.4. The summed E-state index contributed by atoms with van der Waals surface area (Å²) >= 11 is 0. The van der Waals surface area contributed by atoms with Crippen molar-refractivity contribution in [2.24, 2.45) is 0 Å². The number of nitrogen functional groups attached to an aromatic ring is 1. The zero-order chi connectivity index (χ0) is 11.8. The van der Waals surface area contributed by atoms with Crippen LogP contribution in [0, 0.1) is 6.92 Å². The molecule has 3 nitrogen and oxygen atoms in total. The molecule has 1 aromatic heterocycles. The van der Waals surface area contributed by atoms with Crippen LogP contribution < -0.4 is 10.5 Å². The maximum absolute atomic E-state index is 5.60. The fraction of sp³-hybridized carbons (Fsp3) is 0.214. The van der Waals surface area contributed by atoms with Crippen molar-refractivity contribution < 1.29 is 4.74 Å². The van der Waals surface area contributed by atoms with E-state index in [0.717, 1.165) is 29.9 Å². The molecule has 0 amide bonds. The Bertz CT molecular complexity index is 561. The molecule has 0 spiro atoms. The van der Waals surface area contributed by atoms with Gasteiger partial charge in [-0.2, -0.15) is 0 Å². The summed E-state index contributed by atoms with van der Waals surface area (Å²) in [4.78, 5) is 4.13. The Kier molecular flexibility index (Phi) is 2.25. The normalized spacial score (nSPS) is 13.2. The van der Waals surface area contributed by atoms with Crippen LogP contribution in [-0.4, -0.2) is 11.6 Å². The molecule has 2 N–H and O–H groups in total. The molecule has 0 saturated carbocycles. The molecule has 86 valence electrons. The first-order valence-corrected chi connectivity index (χ1v) is 5.72. The highest BCUT2D eigenvalue weighted by Gasteiger charge is 2.15.